The van der Waals surface area contributed by atoms with Gasteiger partial charge in [0.2, 0.25) is 0 Å². The van der Waals surface area contributed by atoms with Crippen molar-refractivity contribution in [1.82, 2.24) is 0 Å². The summed E-state index contributed by atoms with van der Waals surface area (Å²) in [5.74, 6) is -0.230. The van der Waals surface area contributed by atoms with E-state index in [1.54, 1.807) is 6.07 Å². The first kappa shape index (κ1) is 11.1. The Bertz CT molecular complexity index is 589. The molecule has 0 heterocycles. The second-order valence-corrected chi connectivity index (χ2v) is 4.67. The Morgan fingerprint density at radius 1 is 1.06 bits per heavy atom. The minimum absolute atomic E-state index is 0.0795. The molecule has 0 aliphatic heterocycles. The van der Waals surface area contributed by atoms with E-state index in [0.717, 1.165) is 24.0 Å². The molecule has 1 unspecified atom stereocenters. The molecule has 0 saturated carbocycles. The van der Waals surface area contributed by atoms with Gasteiger partial charge in [-0.3, -0.25) is 4.79 Å². The number of carbonyl (C=O) groups is 1. The monoisotopic (exact) mass is 240 g/mol. The summed E-state index contributed by atoms with van der Waals surface area (Å²) in [5.41, 5.74) is 2.57. The van der Waals surface area contributed by atoms with Crippen LogP contribution in [0.25, 0.3) is 0 Å². The maximum atomic E-state index is 13.1. The van der Waals surface area contributed by atoms with E-state index in [1.165, 1.54) is 12.1 Å². The lowest BCUT2D eigenvalue weighted by atomic mass is 9.79. The van der Waals surface area contributed by atoms with Crippen LogP contribution in [0.5, 0.6) is 0 Å². The van der Waals surface area contributed by atoms with Gasteiger partial charge in [0.15, 0.2) is 5.78 Å². The van der Waals surface area contributed by atoms with Crippen molar-refractivity contribution in [1.29, 1.82) is 0 Å². The van der Waals surface area contributed by atoms with Crippen LogP contribution in [0.4, 0.5) is 4.39 Å². The van der Waals surface area contributed by atoms with Gasteiger partial charge in [-0.1, -0.05) is 30.3 Å². The average Bonchev–Trinajstić information content (AvgIpc) is 2.40. The molecule has 0 radical (unpaired) electrons. The van der Waals surface area contributed by atoms with Crippen LogP contribution in [-0.2, 0) is 6.42 Å². The number of aryl methyl sites for hydroxylation is 1. The van der Waals surface area contributed by atoms with E-state index in [2.05, 4.69) is 0 Å². The fraction of sp³-hybridized carbons (Fsp3) is 0.188. The van der Waals surface area contributed by atoms with E-state index in [0.29, 0.717) is 5.56 Å². The van der Waals surface area contributed by atoms with E-state index in [-0.39, 0.29) is 17.5 Å². The molecule has 1 nitrogen and oxygen atoms in total. The summed E-state index contributed by atoms with van der Waals surface area (Å²) >= 11 is 0. The summed E-state index contributed by atoms with van der Waals surface area (Å²) in [4.78, 5) is 12.4. The van der Waals surface area contributed by atoms with Gasteiger partial charge in [-0.25, -0.2) is 4.39 Å². The van der Waals surface area contributed by atoms with Gasteiger partial charge in [-0.15, -0.1) is 0 Å². The summed E-state index contributed by atoms with van der Waals surface area (Å²) in [5, 5.41) is 0. The highest BCUT2D eigenvalue weighted by Crippen LogP contribution is 2.32. The van der Waals surface area contributed by atoms with Gasteiger partial charge in [0.1, 0.15) is 5.82 Å². The minimum atomic E-state index is -0.264. The molecule has 0 spiro atoms. The second kappa shape index (κ2) is 4.37. The maximum Gasteiger partial charge on any atom is 0.170 e. The van der Waals surface area contributed by atoms with Crippen molar-refractivity contribution in [2.45, 2.75) is 18.8 Å². The van der Waals surface area contributed by atoms with Crippen LogP contribution in [0, 0.1) is 5.82 Å². The number of fused-ring (bicyclic) bond motifs is 1. The van der Waals surface area contributed by atoms with E-state index in [4.69, 9.17) is 0 Å². The molecule has 2 aromatic carbocycles. The summed E-state index contributed by atoms with van der Waals surface area (Å²) in [6.45, 7) is 0. The first-order valence-electron chi connectivity index (χ1n) is 6.13. The molecule has 1 aliphatic rings. The molecule has 18 heavy (non-hydrogen) atoms. The van der Waals surface area contributed by atoms with Crippen molar-refractivity contribution in [3.63, 3.8) is 0 Å². The molecule has 1 aliphatic carbocycles. The number of carbonyl (C=O) groups excluding carboxylic acids is 1. The fourth-order valence-electron chi connectivity index (χ4n) is 2.63. The number of hydrogen-bond donors (Lipinski definition) is 0. The largest absolute Gasteiger partial charge is 0.293 e. The van der Waals surface area contributed by atoms with Gasteiger partial charge in [0.05, 0.1) is 0 Å². The van der Waals surface area contributed by atoms with Crippen molar-refractivity contribution in [3.8, 4) is 0 Å². The van der Waals surface area contributed by atoms with Gasteiger partial charge in [0, 0.05) is 11.5 Å². The van der Waals surface area contributed by atoms with E-state index in [9.17, 15) is 9.18 Å². The summed E-state index contributed by atoms with van der Waals surface area (Å²) in [7, 11) is 0. The normalized spacial score (nSPS) is 18.5. The molecule has 0 fully saturated rings. The van der Waals surface area contributed by atoms with Crippen LogP contribution in [-0.4, -0.2) is 5.78 Å². The number of halogens is 1. The molecule has 3 rings (SSSR count). The van der Waals surface area contributed by atoms with Crippen LogP contribution in [0.3, 0.4) is 0 Å². The van der Waals surface area contributed by atoms with Gasteiger partial charge in [-0.2, -0.15) is 0 Å². The lowest BCUT2D eigenvalue weighted by molar-refractivity contribution is 0.0946. The Hall–Kier alpha value is -1.96. The Labute approximate surface area is 105 Å². The summed E-state index contributed by atoms with van der Waals surface area (Å²) < 4.78 is 13.1. The third kappa shape index (κ3) is 1.84. The van der Waals surface area contributed by atoms with Crippen LogP contribution in [0.2, 0.25) is 0 Å². The molecule has 1 atom stereocenters. The lowest BCUT2D eigenvalue weighted by Crippen LogP contribution is -2.21. The number of ketones is 1. The number of benzene rings is 2. The Kier molecular flexibility index (Phi) is 2.71. The molecule has 2 aromatic rings. The first-order valence-corrected chi connectivity index (χ1v) is 6.13. The average molecular weight is 240 g/mol. The SMILES string of the molecule is O=C1c2ccc(F)cc2CCC1c1ccccc1. The first-order chi connectivity index (χ1) is 8.75. The highest BCUT2D eigenvalue weighted by atomic mass is 19.1. The van der Waals surface area contributed by atoms with Crippen molar-refractivity contribution < 1.29 is 9.18 Å². The van der Waals surface area contributed by atoms with Crippen LogP contribution < -0.4 is 0 Å². The molecule has 0 saturated heterocycles. The quantitative estimate of drug-likeness (QED) is 0.742. The molecular weight excluding hydrogens is 227 g/mol. The standard InChI is InChI=1S/C16H13FO/c17-13-7-9-15-12(10-13)6-8-14(16(15)18)11-4-2-1-3-5-11/h1-5,7,9-10,14H,6,8H2. The minimum Gasteiger partial charge on any atom is -0.293 e. The van der Waals surface area contributed by atoms with E-state index in [1.807, 2.05) is 30.3 Å². The molecule has 0 amide bonds. The Morgan fingerprint density at radius 3 is 2.61 bits per heavy atom. The zero-order valence-electron chi connectivity index (χ0n) is 9.90. The molecule has 90 valence electrons. The molecular formula is C16H13FO. The highest BCUT2D eigenvalue weighted by Gasteiger charge is 2.28. The van der Waals surface area contributed by atoms with Crippen molar-refractivity contribution in [2.75, 3.05) is 0 Å². The number of Topliss-reactive ketones (excluding diaryl/α,β-unsaturated/α-hetero) is 1. The van der Waals surface area contributed by atoms with Gasteiger partial charge < -0.3 is 0 Å². The number of rotatable bonds is 1. The smallest absolute Gasteiger partial charge is 0.170 e. The van der Waals surface area contributed by atoms with Crippen molar-refractivity contribution >= 4 is 5.78 Å². The number of hydrogen-bond acceptors (Lipinski definition) is 1. The van der Waals surface area contributed by atoms with E-state index >= 15 is 0 Å². The fourth-order valence-corrected chi connectivity index (χ4v) is 2.63. The van der Waals surface area contributed by atoms with E-state index < -0.39 is 0 Å². The third-order valence-corrected chi connectivity index (χ3v) is 3.55. The predicted molar refractivity (Wildman–Crippen MR) is 68.2 cm³/mol. The van der Waals surface area contributed by atoms with Gasteiger partial charge in [0.25, 0.3) is 0 Å². The third-order valence-electron chi connectivity index (χ3n) is 3.55. The molecule has 2 heteroatoms. The Balaban J connectivity index is 2.00. The van der Waals surface area contributed by atoms with Crippen molar-refractivity contribution in [3.05, 3.63) is 71.0 Å². The highest BCUT2D eigenvalue weighted by molar-refractivity contribution is 6.03. The van der Waals surface area contributed by atoms with Gasteiger partial charge >= 0.3 is 0 Å². The van der Waals surface area contributed by atoms with Crippen molar-refractivity contribution in [2.24, 2.45) is 0 Å². The molecule has 0 aromatic heterocycles. The van der Waals surface area contributed by atoms with Crippen LogP contribution in [0.1, 0.15) is 33.8 Å². The second-order valence-electron chi connectivity index (χ2n) is 4.67. The molecule has 0 bridgehead atoms. The maximum absolute atomic E-state index is 13.1. The topological polar surface area (TPSA) is 17.1 Å². The summed E-state index contributed by atoms with van der Waals surface area (Å²) in [6.07, 6.45) is 1.53. The molecule has 0 N–H and O–H groups in total. The zero-order valence-corrected chi connectivity index (χ0v) is 9.90. The summed E-state index contributed by atoms with van der Waals surface area (Å²) in [6, 6.07) is 14.3. The Morgan fingerprint density at radius 2 is 1.83 bits per heavy atom. The van der Waals surface area contributed by atoms with Crippen LogP contribution >= 0.6 is 0 Å². The van der Waals surface area contributed by atoms with Gasteiger partial charge in [-0.05, 0) is 42.2 Å². The lowest BCUT2D eigenvalue weighted by Gasteiger charge is -2.23. The predicted octanol–water partition coefficient (Wildman–Crippen LogP) is 3.74. The van der Waals surface area contributed by atoms with Crippen LogP contribution in [0.15, 0.2) is 48.5 Å². The zero-order chi connectivity index (χ0) is 12.5.